The van der Waals surface area contributed by atoms with Gasteiger partial charge in [0.1, 0.15) is 0 Å². The zero-order valence-corrected chi connectivity index (χ0v) is 9.31. The summed E-state index contributed by atoms with van der Waals surface area (Å²) in [7, 11) is -3.63. The van der Waals surface area contributed by atoms with Gasteiger partial charge in [-0.3, -0.25) is 4.18 Å². The lowest BCUT2D eigenvalue weighted by Gasteiger charge is -2.03. The lowest BCUT2D eigenvalue weighted by molar-refractivity contribution is 0.318. The van der Waals surface area contributed by atoms with Crippen LogP contribution in [0.2, 0.25) is 5.02 Å². The molecule has 5 heteroatoms. The van der Waals surface area contributed by atoms with E-state index in [4.69, 9.17) is 15.8 Å². The lowest BCUT2D eigenvalue weighted by Crippen LogP contribution is -2.06. The third kappa shape index (κ3) is 2.97. The minimum atomic E-state index is -3.63. The van der Waals surface area contributed by atoms with Crippen LogP contribution in [0.1, 0.15) is 13.3 Å². The highest BCUT2D eigenvalue weighted by Gasteiger charge is 2.14. The highest BCUT2D eigenvalue weighted by atomic mass is 35.5. The van der Waals surface area contributed by atoms with Crippen LogP contribution in [0.3, 0.4) is 0 Å². The Morgan fingerprint density at radius 1 is 1.43 bits per heavy atom. The zero-order chi connectivity index (χ0) is 10.6. The van der Waals surface area contributed by atoms with E-state index in [0.717, 1.165) is 0 Å². The molecular formula is C9H11ClO3S. The first-order valence-electron chi connectivity index (χ1n) is 4.21. The maximum Gasteiger partial charge on any atom is 0.297 e. The van der Waals surface area contributed by atoms with Gasteiger partial charge in [0.25, 0.3) is 10.1 Å². The van der Waals surface area contributed by atoms with E-state index in [1.54, 1.807) is 12.1 Å². The topological polar surface area (TPSA) is 43.4 Å². The molecule has 0 saturated carbocycles. The van der Waals surface area contributed by atoms with Crippen molar-refractivity contribution in [2.45, 2.75) is 18.2 Å². The van der Waals surface area contributed by atoms with Gasteiger partial charge in [0.15, 0.2) is 0 Å². The van der Waals surface area contributed by atoms with E-state index in [2.05, 4.69) is 0 Å². The van der Waals surface area contributed by atoms with Gasteiger partial charge in [0.2, 0.25) is 0 Å². The van der Waals surface area contributed by atoms with Crippen LogP contribution in [0.15, 0.2) is 29.2 Å². The molecule has 0 N–H and O–H groups in total. The summed E-state index contributed by atoms with van der Waals surface area (Å²) in [4.78, 5) is 0.0958. The Kier molecular flexibility index (Phi) is 3.92. The average molecular weight is 235 g/mol. The van der Waals surface area contributed by atoms with E-state index in [1.807, 2.05) is 6.92 Å². The fraction of sp³-hybridized carbons (Fsp3) is 0.333. The molecule has 1 aromatic rings. The molecule has 14 heavy (non-hydrogen) atoms. The Hall–Kier alpha value is -0.580. The molecule has 0 spiro atoms. The molecule has 0 bridgehead atoms. The fourth-order valence-electron chi connectivity index (χ4n) is 0.884. The van der Waals surface area contributed by atoms with Gasteiger partial charge in [-0.2, -0.15) is 8.42 Å². The molecule has 0 aliphatic carbocycles. The highest BCUT2D eigenvalue weighted by Crippen LogP contribution is 2.17. The summed E-state index contributed by atoms with van der Waals surface area (Å²) in [6.07, 6.45) is 0.653. The minimum absolute atomic E-state index is 0.0958. The van der Waals surface area contributed by atoms with Crippen molar-refractivity contribution in [1.82, 2.24) is 0 Å². The molecule has 0 atom stereocenters. The first kappa shape index (κ1) is 11.5. The smallest absolute Gasteiger partial charge is 0.266 e. The molecule has 0 saturated heterocycles. The number of hydrogen-bond acceptors (Lipinski definition) is 3. The minimum Gasteiger partial charge on any atom is -0.266 e. The Morgan fingerprint density at radius 2 is 2.14 bits per heavy atom. The second-order valence-corrected chi connectivity index (χ2v) is 4.79. The zero-order valence-electron chi connectivity index (χ0n) is 7.73. The van der Waals surface area contributed by atoms with E-state index >= 15 is 0 Å². The van der Waals surface area contributed by atoms with Crippen LogP contribution < -0.4 is 0 Å². The van der Waals surface area contributed by atoms with E-state index < -0.39 is 10.1 Å². The van der Waals surface area contributed by atoms with E-state index in [0.29, 0.717) is 11.4 Å². The van der Waals surface area contributed by atoms with Crippen LogP contribution >= 0.6 is 11.6 Å². The summed E-state index contributed by atoms with van der Waals surface area (Å²) in [5, 5.41) is 0.381. The van der Waals surface area contributed by atoms with Crippen LogP contribution in [-0.2, 0) is 14.3 Å². The summed E-state index contributed by atoms with van der Waals surface area (Å²) in [6.45, 7) is 2.03. The van der Waals surface area contributed by atoms with Crippen LogP contribution in [-0.4, -0.2) is 15.0 Å². The Morgan fingerprint density at radius 3 is 2.71 bits per heavy atom. The van der Waals surface area contributed by atoms with E-state index in [1.165, 1.54) is 12.1 Å². The second kappa shape index (κ2) is 4.77. The van der Waals surface area contributed by atoms with Gasteiger partial charge in [0, 0.05) is 5.02 Å². The predicted molar refractivity (Wildman–Crippen MR) is 54.9 cm³/mol. The van der Waals surface area contributed by atoms with Crippen molar-refractivity contribution in [2.75, 3.05) is 6.61 Å². The van der Waals surface area contributed by atoms with Crippen molar-refractivity contribution in [3.8, 4) is 0 Å². The third-order valence-electron chi connectivity index (χ3n) is 1.53. The normalized spacial score (nSPS) is 11.6. The van der Waals surface area contributed by atoms with Gasteiger partial charge in [-0.1, -0.05) is 24.6 Å². The quantitative estimate of drug-likeness (QED) is 0.752. The molecule has 0 aliphatic rings. The monoisotopic (exact) mass is 234 g/mol. The van der Waals surface area contributed by atoms with Gasteiger partial charge >= 0.3 is 0 Å². The van der Waals surface area contributed by atoms with Crippen molar-refractivity contribution in [3.05, 3.63) is 29.3 Å². The van der Waals surface area contributed by atoms with Crippen molar-refractivity contribution in [2.24, 2.45) is 0 Å². The van der Waals surface area contributed by atoms with Crippen molar-refractivity contribution in [3.63, 3.8) is 0 Å². The molecule has 0 unspecified atom stereocenters. The molecule has 0 fully saturated rings. The molecule has 0 radical (unpaired) electrons. The van der Waals surface area contributed by atoms with Gasteiger partial charge in [0.05, 0.1) is 11.5 Å². The van der Waals surface area contributed by atoms with Gasteiger partial charge < -0.3 is 0 Å². The van der Waals surface area contributed by atoms with Crippen molar-refractivity contribution in [1.29, 1.82) is 0 Å². The standard InChI is InChI=1S/C9H11ClO3S/c1-2-6-13-14(11,12)9-5-3-4-8(10)7-9/h3-5,7H,2,6H2,1H3. The Labute approximate surface area is 88.8 Å². The lowest BCUT2D eigenvalue weighted by atomic mass is 10.4. The molecule has 3 nitrogen and oxygen atoms in total. The number of hydrogen-bond donors (Lipinski definition) is 0. The Bertz CT molecular complexity index is 400. The summed E-state index contributed by atoms with van der Waals surface area (Å²) < 4.78 is 27.7. The maximum absolute atomic E-state index is 11.5. The fourth-order valence-corrected chi connectivity index (χ4v) is 2.18. The van der Waals surface area contributed by atoms with Crippen LogP contribution in [0.25, 0.3) is 0 Å². The SMILES string of the molecule is CCCOS(=O)(=O)c1cccc(Cl)c1. The van der Waals surface area contributed by atoms with Crippen LogP contribution in [0.4, 0.5) is 0 Å². The van der Waals surface area contributed by atoms with Crippen LogP contribution in [0.5, 0.6) is 0 Å². The molecule has 0 amide bonds. The molecule has 1 aromatic carbocycles. The highest BCUT2D eigenvalue weighted by molar-refractivity contribution is 7.86. The first-order chi connectivity index (χ1) is 6.56. The van der Waals surface area contributed by atoms with Crippen molar-refractivity contribution < 1.29 is 12.6 Å². The largest absolute Gasteiger partial charge is 0.297 e. The number of rotatable bonds is 4. The maximum atomic E-state index is 11.5. The van der Waals surface area contributed by atoms with Crippen LogP contribution in [0, 0.1) is 0 Å². The van der Waals surface area contributed by atoms with Gasteiger partial charge in [-0.25, -0.2) is 0 Å². The second-order valence-electron chi connectivity index (χ2n) is 2.73. The molecule has 0 heterocycles. The molecule has 1 rings (SSSR count). The Balaban J connectivity index is 2.93. The third-order valence-corrected chi connectivity index (χ3v) is 3.07. The molecule has 0 aromatic heterocycles. The average Bonchev–Trinajstić information content (AvgIpc) is 2.15. The van der Waals surface area contributed by atoms with Gasteiger partial charge in [-0.15, -0.1) is 0 Å². The molecule has 78 valence electrons. The molecule has 0 aliphatic heterocycles. The summed E-state index contributed by atoms with van der Waals surface area (Å²) >= 11 is 5.66. The first-order valence-corrected chi connectivity index (χ1v) is 6.00. The summed E-state index contributed by atoms with van der Waals surface area (Å²) in [5.41, 5.74) is 0. The molecular weight excluding hydrogens is 224 g/mol. The summed E-state index contributed by atoms with van der Waals surface area (Å²) in [5.74, 6) is 0. The predicted octanol–water partition coefficient (Wildman–Crippen LogP) is 2.46. The van der Waals surface area contributed by atoms with Gasteiger partial charge in [-0.05, 0) is 24.6 Å². The van der Waals surface area contributed by atoms with E-state index in [9.17, 15) is 8.42 Å². The number of benzene rings is 1. The van der Waals surface area contributed by atoms with E-state index in [-0.39, 0.29) is 11.5 Å². The summed E-state index contributed by atoms with van der Waals surface area (Å²) in [6, 6.07) is 6.01. The van der Waals surface area contributed by atoms with Crippen molar-refractivity contribution >= 4 is 21.7 Å². The number of halogens is 1.